The number of nitrogens with two attached hydrogens (primary N) is 1. The lowest BCUT2D eigenvalue weighted by Crippen LogP contribution is -2.16. The van der Waals surface area contributed by atoms with Crippen LogP contribution in [-0.2, 0) is 0 Å². The highest BCUT2D eigenvalue weighted by atomic mass is 16.3. The topological polar surface area (TPSA) is 72.0 Å². The number of hydrogen-bond acceptors (Lipinski definition) is 4. The van der Waals surface area contributed by atoms with E-state index in [-0.39, 0.29) is 6.61 Å². The van der Waals surface area contributed by atoms with Gasteiger partial charge in [-0.25, -0.2) is 0 Å². The fraction of sp³-hybridized carbons (Fsp3) is 0.273. The molecule has 0 amide bonds. The first-order valence-corrected chi connectivity index (χ1v) is 4.81. The van der Waals surface area contributed by atoms with E-state index in [0.717, 1.165) is 10.9 Å². The molecule has 0 spiro atoms. The van der Waals surface area contributed by atoms with Crippen molar-refractivity contribution in [1.29, 1.82) is 0 Å². The second-order valence-corrected chi connectivity index (χ2v) is 3.62. The summed E-state index contributed by atoms with van der Waals surface area (Å²) in [6.07, 6.45) is 0. The van der Waals surface area contributed by atoms with E-state index in [4.69, 9.17) is 10.8 Å². The van der Waals surface area contributed by atoms with Gasteiger partial charge in [-0.15, -0.1) is 0 Å². The smallest absolute Gasteiger partial charge is 0.0930 e. The number of nitrogens with zero attached hydrogens (tertiary/aromatic N) is 2. The van der Waals surface area contributed by atoms with Gasteiger partial charge in [0.25, 0.3) is 0 Å². The summed E-state index contributed by atoms with van der Waals surface area (Å²) in [5.74, 6) is 0. The maximum Gasteiger partial charge on any atom is 0.0930 e. The Balaban J connectivity index is 2.54. The van der Waals surface area contributed by atoms with Crippen molar-refractivity contribution in [2.45, 2.75) is 13.0 Å². The van der Waals surface area contributed by atoms with Gasteiger partial charge in [0.15, 0.2) is 0 Å². The summed E-state index contributed by atoms with van der Waals surface area (Å²) < 4.78 is 0. The van der Waals surface area contributed by atoms with Crippen LogP contribution in [-0.4, -0.2) is 21.9 Å². The predicted octanol–water partition coefficient (Wildman–Crippen LogP) is 0.930. The summed E-state index contributed by atoms with van der Waals surface area (Å²) >= 11 is 0. The lowest BCUT2D eigenvalue weighted by atomic mass is 10.1. The lowest BCUT2D eigenvalue weighted by Gasteiger charge is -2.07. The largest absolute Gasteiger partial charge is 0.394 e. The average molecular weight is 203 g/mol. The molecule has 0 aliphatic heterocycles. The molecule has 15 heavy (non-hydrogen) atoms. The maximum atomic E-state index is 8.92. The van der Waals surface area contributed by atoms with Crippen LogP contribution in [0.1, 0.15) is 17.3 Å². The van der Waals surface area contributed by atoms with E-state index in [1.165, 1.54) is 5.56 Å². The second-order valence-electron chi connectivity index (χ2n) is 3.62. The highest BCUT2D eigenvalue weighted by Gasteiger charge is 2.07. The summed E-state index contributed by atoms with van der Waals surface area (Å²) in [4.78, 5) is 0. The van der Waals surface area contributed by atoms with E-state index in [2.05, 4.69) is 10.2 Å². The summed E-state index contributed by atoms with van der Waals surface area (Å²) in [5, 5.41) is 17.9. The molecular formula is C11H13N3O. The minimum absolute atomic E-state index is 0.119. The second kappa shape index (κ2) is 3.92. The van der Waals surface area contributed by atoms with E-state index in [0.29, 0.717) is 5.69 Å². The molecule has 2 rings (SSSR count). The summed E-state index contributed by atoms with van der Waals surface area (Å²) in [6.45, 7) is 1.90. The van der Waals surface area contributed by atoms with Crippen LogP contribution >= 0.6 is 0 Å². The van der Waals surface area contributed by atoms with Crippen molar-refractivity contribution in [1.82, 2.24) is 10.2 Å². The normalized spacial score (nSPS) is 13.0. The van der Waals surface area contributed by atoms with Crippen molar-refractivity contribution < 1.29 is 5.11 Å². The van der Waals surface area contributed by atoms with Crippen LogP contribution in [0.5, 0.6) is 0 Å². The molecule has 0 aliphatic carbocycles. The first kappa shape index (κ1) is 10.0. The number of rotatable bonds is 2. The number of fused-ring (bicyclic) bond motifs is 1. The van der Waals surface area contributed by atoms with Crippen LogP contribution < -0.4 is 5.73 Å². The van der Waals surface area contributed by atoms with E-state index in [9.17, 15) is 0 Å². The molecule has 78 valence electrons. The van der Waals surface area contributed by atoms with Crippen LogP contribution in [0.3, 0.4) is 0 Å². The van der Waals surface area contributed by atoms with Crippen molar-refractivity contribution in [2.75, 3.05) is 6.61 Å². The fourth-order valence-corrected chi connectivity index (χ4v) is 1.46. The lowest BCUT2D eigenvalue weighted by molar-refractivity contribution is 0.265. The number of aromatic nitrogens is 2. The van der Waals surface area contributed by atoms with Gasteiger partial charge in [0.2, 0.25) is 0 Å². The Morgan fingerprint density at radius 1 is 1.33 bits per heavy atom. The van der Waals surface area contributed by atoms with Crippen molar-refractivity contribution in [3.8, 4) is 0 Å². The third-order valence-electron chi connectivity index (χ3n) is 2.34. The van der Waals surface area contributed by atoms with Crippen LogP contribution in [0, 0.1) is 6.92 Å². The van der Waals surface area contributed by atoms with Crippen molar-refractivity contribution in [3.63, 3.8) is 0 Å². The van der Waals surface area contributed by atoms with E-state index in [1.807, 2.05) is 31.2 Å². The average Bonchev–Trinajstić information content (AvgIpc) is 2.27. The number of aryl methyl sites for hydroxylation is 1. The molecule has 1 heterocycles. The Morgan fingerprint density at radius 3 is 2.87 bits per heavy atom. The van der Waals surface area contributed by atoms with Crippen LogP contribution in [0.15, 0.2) is 24.3 Å². The molecule has 0 fully saturated rings. The van der Waals surface area contributed by atoms with Gasteiger partial charge in [0.1, 0.15) is 0 Å². The van der Waals surface area contributed by atoms with Crippen molar-refractivity contribution in [3.05, 3.63) is 35.5 Å². The minimum Gasteiger partial charge on any atom is -0.394 e. The third kappa shape index (κ3) is 1.95. The molecule has 3 N–H and O–H groups in total. The Labute approximate surface area is 87.7 Å². The van der Waals surface area contributed by atoms with E-state index < -0.39 is 6.04 Å². The van der Waals surface area contributed by atoms with Gasteiger partial charge in [-0.3, -0.25) is 0 Å². The number of aliphatic hydroxyl groups is 1. The molecule has 0 aliphatic rings. The van der Waals surface area contributed by atoms with Crippen molar-refractivity contribution in [2.24, 2.45) is 5.73 Å². The van der Waals surface area contributed by atoms with Gasteiger partial charge < -0.3 is 10.8 Å². The van der Waals surface area contributed by atoms with Gasteiger partial charge in [-0.1, -0.05) is 11.6 Å². The number of hydrogen-bond donors (Lipinski definition) is 2. The fourth-order valence-electron chi connectivity index (χ4n) is 1.46. The SMILES string of the molecule is Cc1ccc2nnc(C(N)CO)cc2c1. The molecule has 0 saturated carbocycles. The zero-order chi connectivity index (χ0) is 10.8. The predicted molar refractivity (Wildman–Crippen MR) is 58.3 cm³/mol. The van der Waals surface area contributed by atoms with Gasteiger partial charge >= 0.3 is 0 Å². The first-order valence-electron chi connectivity index (χ1n) is 4.81. The quantitative estimate of drug-likeness (QED) is 0.761. The summed E-state index contributed by atoms with van der Waals surface area (Å²) in [7, 11) is 0. The molecule has 0 saturated heterocycles. The minimum atomic E-state index is -0.456. The zero-order valence-electron chi connectivity index (χ0n) is 8.51. The molecule has 1 aromatic heterocycles. The number of aliphatic hydroxyl groups excluding tert-OH is 1. The molecule has 4 nitrogen and oxygen atoms in total. The van der Waals surface area contributed by atoms with Crippen LogP contribution in [0.4, 0.5) is 0 Å². The highest BCUT2D eigenvalue weighted by molar-refractivity contribution is 5.78. The Morgan fingerprint density at radius 2 is 2.13 bits per heavy atom. The summed E-state index contributed by atoms with van der Waals surface area (Å²) in [5.41, 5.74) is 8.30. The van der Waals surface area contributed by atoms with Gasteiger partial charge in [-0.2, -0.15) is 10.2 Å². The number of benzene rings is 1. The maximum absolute atomic E-state index is 8.92. The van der Waals surface area contributed by atoms with Gasteiger partial charge in [-0.05, 0) is 25.1 Å². The Hall–Kier alpha value is -1.52. The molecular weight excluding hydrogens is 190 g/mol. The van der Waals surface area contributed by atoms with Crippen LogP contribution in [0.2, 0.25) is 0 Å². The van der Waals surface area contributed by atoms with Crippen LogP contribution in [0.25, 0.3) is 10.9 Å². The van der Waals surface area contributed by atoms with Gasteiger partial charge in [0.05, 0.1) is 23.9 Å². The molecule has 0 bridgehead atoms. The Kier molecular flexibility index (Phi) is 2.62. The van der Waals surface area contributed by atoms with E-state index in [1.54, 1.807) is 0 Å². The summed E-state index contributed by atoms with van der Waals surface area (Å²) in [6, 6.07) is 7.35. The molecule has 1 aromatic carbocycles. The molecule has 1 atom stereocenters. The monoisotopic (exact) mass is 203 g/mol. The third-order valence-corrected chi connectivity index (χ3v) is 2.34. The molecule has 4 heteroatoms. The van der Waals surface area contributed by atoms with Gasteiger partial charge in [0, 0.05) is 5.39 Å². The molecule has 1 unspecified atom stereocenters. The molecule has 2 aromatic rings. The first-order chi connectivity index (χ1) is 7.20. The van der Waals surface area contributed by atoms with Crippen molar-refractivity contribution >= 4 is 10.9 Å². The standard InChI is InChI=1S/C11H13N3O/c1-7-2-3-10-8(4-7)5-11(14-13-10)9(12)6-15/h2-5,9,15H,6,12H2,1H3. The molecule has 0 radical (unpaired) electrons. The van der Waals surface area contributed by atoms with E-state index >= 15 is 0 Å². The zero-order valence-corrected chi connectivity index (χ0v) is 8.51. The Bertz CT molecular complexity index is 484. The highest BCUT2D eigenvalue weighted by Crippen LogP contribution is 2.16.